The van der Waals surface area contributed by atoms with E-state index in [1.54, 1.807) is 0 Å². The molecule has 0 amide bonds. The second-order valence-corrected chi connectivity index (χ2v) is 13.0. The first-order valence-electron chi connectivity index (χ1n) is 14.4. The van der Waals surface area contributed by atoms with Crippen molar-refractivity contribution < 1.29 is 33.2 Å². The molecule has 0 radical (unpaired) electrons. The van der Waals surface area contributed by atoms with Crippen molar-refractivity contribution in [1.82, 2.24) is 0 Å². The molecule has 6 rings (SSSR count). The Hall–Kier alpha value is -1.55. The van der Waals surface area contributed by atoms with Crippen molar-refractivity contribution in [3.05, 3.63) is 29.3 Å². The molecule has 1 aromatic rings. The monoisotopic (exact) mass is 529 g/mol. The average molecular weight is 530 g/mol. The van der Waals surface area contributed by atoms with E-state index in [4.69, 9.17) is 34.2 Å². The molecule has 0 aromatic heterocycles. The van der Waals surface area contributed by atoms with Crippen LogP contribution in [-0.4, -0.2) is 54.3 Å². The largest absolute Gasteiger partial charge is 0.427 e. The smallest absolute Gasteiger partial charge is 0.311 e. The molecule has 38 heavy (non-hydrogen) atoms. The highest BCUT2D eigenvalue weighted by molar-refractivity contribution is 5.72. The van der Waals surface area contributed by atoms with E-state index in [-0.39, 0.29) is 48.3 Å². The van der Waals surface area contributed by atoms with Gasteiger partial charge in [0.05, 0.1) is 6.10 Å². The minimum Gasteiger partial charge on any atom is -0.427 e. The van der Waals surface area contributed by atoms with E-state index in [0.29, 0.717) is 18.1 Å². The molecule has 8 nitrogen and oxygen atoms in total. The highest BCUT2D eigenvalue weighted by Crippen LogP contribution is 2.47. The van der Waals surface area contributed by atoms with Gasteiger partial charge in [0, 0.05) is 17.9 Å². The Morgan fingerprint density at radius 2 is 1.71 bits per heavy atom. The fraction of sp³-hybridized carbons (Fsp3) is 0.767. The van der Waals surface area contributed by atoms with Crippen molar-refractivity contribution in [2.45, 2.75) is 140 Å². The summed E-state index contributed by atoms with van der Waals surface area (Å²) in [6, 6.07) is 6.25. The molecule has 0 unspecified atom stereocenters. The van der Waals surface area contributed by atoms with Crippen molar-refractivity contribution in [3.63, 3.8) is 0 Å². The van der Waals surface area contributed by atoms with Gasteiger partial charge >= 0.3 is 5.97 Å². The summed E-state index contributed by atoms with van der Waals surface area (Å²) in [5.41, 5.74) is 9.34. The van der Waals surface area contributed by atoms with E-state index in [1.807, 2.05) is 33.8 Å². The highest BCUT2D eigenvalue weighted by atomic mass is 16.9. The van der Waals surface area contributed by atoms with Crippen LogP contribution in [0.25, 0.3) is 0 Å². The number of fused-ring (bicyclic) bond motifs is 7. The Balaban J connectivity index is 1.13. The summed E-state index contributed by atoms with van der Waals surface area (Å²) in [6.45, 7) is 9.78. The Kier molecular flexibility index (Phi) is 6.69. The third-order valence-electron chi connectivity index (χ3n) is 9.31. The summed E-state index contributed by atoms with van der Waals surface area (Å²) in [6.07, 6.45) is 5.59. The van der Waals surface area contributed by atoms with Crippen LogP contribution in [0.1, 0.15) is 90.7 Å². The van der Waals surface area contributed by atoms with Crippen molar-refractivity contribution in [2.75, 3.05) is 0 Å². The second-order valence-electron chi connectivity index (χ2n) is 13.0. The highest BCUT2D eigenvalue weighted by Gasteiger charge is 2.60. The molecule has 2 aliphatic carbocycles. The second kappa shape index (κ2) is 9.53. The van der Waals surface area contributed by atoms with Crippen LogP contribution in [0.15, 0.2) is 18.2 Å². The van der Waals surface area contributed by atoms with Gasteiger partial charge in [-0.2, -0.15) is 0 Å². The van der Waals surface area contributed by atoms with Gasteiger partial charge in [0.15, 0.2) is 17.9 Å². The molecule has 2 bridgehead atoms. The van der Waals surface area contributed by atoms with Crippen molar-refractivity contribution in [3.8, 4) is 5.75 Å². The van der Waals surface area contributed by atoms with Crippen molar-refractivity contribution in [2.24, 2.45) is 11.7 Å². The van der Waals surface area contributed by atoms with Gasteiger partial charge in [-0.05, 0) is 82.6 Å². The average Bonchev–Trinajstić information content (AvgIpc) is 3.34. The first kappa shape index (κ1) is 26.7. The fourth-order valence-electron chi connectivity index (χ4n) is 7.46. The van der Waals surface area contributed by atoms with Crippen LogP contribution in [0.5, 0.6) is 5.75 Å². The Bertz CT molecular complexity index is 1070. The van der Waals surface area contributed by atoms with E-state index in [0.717, 1.165) is 12.8 Å². The summed E-state index contributed by atoms with van der Waals surface area (Å²) in [4.78, 5) is 13.0. The molecular formula is C30H43NO7. The molecule has 0 spiro atoms. The summed E-state index contributed by atoms with van der Waals surface area (Å²) < 4.78 is 36.5. The maximum Gasteiger partial charge on any atom is 0.311 e. The molecule has 3 heterocycles. The number of carbonyl (C=O) groups is 1. The molecule has 1 aromatic carbocycles. The van der Waals surface area contributed by atoms with E-state index in [2.05, 4.69) is 19.1 Å². The van der Waals surface area contributed by atoms with Crippen LogP contribution in [0.4, 0.5) is 0 Å². The number of benzene rings is 1. The summed E-state index contributed by atoms with van der Waals surface area (Å²) in [5.74, 6) is -0.729. The van der Waals surface area contributed by atoms with Gasteiger partial charge in [-0.15, -0.1) is 0 Å². The molecule has 8 atom stereocenters. The van der Waals surface area contributed by atoms with Gasteiger partial charge in [0.25, 0.3) is 0 Å². The third kappa shape index (κ3) is 4.82. The molecule has 3 aliphatic heterocycles. The van der Waals surface area contributed by atoms with Crippen molar-refractivity contribution in [1.29, 1.82) is 0 Å². The van der Waals surface area contributed by atoms with Gasteiger partial charge in [-0.1, -0.05) is 32.3 Å². The lowest BCUT2D eigenvalue weighted by atomic mass is 9.60. The molecule has 1 saturated carbocycles. The topological polar surface area (TPSA) is 98.5 Å². The zero-order valence-electron chi connectivity index (χ0n) is 23.4. The standard InChI is InChI=1S/C30H43NO7/c1-28(2)35-23-21(34-27-25(24(23)36-28)37-29(3,4)38-27)12-13-22(32)33-19-11-10-17-15-18-9-7-6-8-14-30(5,26(18)31)20(17)16-19/h10-11,16,18,21,23-27H,6-9,12-15,31H2,1-5H3/t18-,21+,23-,24-,25+,26-,27+,30+/m0/s1. The summed E-state index contributed by atoms with van der Waals surface area (Å²) >= 11 is 0. The Morgan fingerprint density at radius 3 is 2.53 bits per heavy atom. The lowest BCUT2D eigenvalue weighted by Crippen LogP contribution is -2.55. The van der Waals surface area contributed by atoms with E-state index >= 15 is 0 Å². The lowest BCUT2D eigenvalue weighted by molar-refractivity contribution is -0.235. The zero-order valence-corrected chi connectivity index (χ0v) is 23.4. The van der Waals surface area contributed by atoms with Gasteiger partial charge in [-0.25, -0.2) is 0 Å². The minimum atomic E-state index is -0.772. The minimum absolute atomic E-state index is 0.0909. The van der Waals surface area contributed by atoms with Gasteiger partial charge in [0.1, 0.15) is 24.1 Å². The number of hydrogen-bond acceptors (Lipinski definition) is 8. The maximum atomic E-state index is 13.0. The quantitative estimate of drug-likeness (QED) is 0.450. The first-order valence-corrected chi connectivity index (χ1v) is 14.4. The summed E-state index contributed by atoms with van der Waals surface area (Å²) in [7, 11) is 0. The fourth-order valence-corrected chi connectivity index (χ4v) is 7.46. The predicted molar refractivity (Wildman–Crippen MR) is 139 cm³/mol. The molecular weight excluding hydrogens is 486 g/mol. The van der Waals surface area contributed by atoms with Crippen LogP contribution in [0, 0.1) is 5.92 Å². The number of hydrogen-bond donors (Lipinski definition) is 1. The number of ether oxygens (including phenoxy) is 6. The van der Waals surface area contributed by atoms with E-state index in [9.17, 15) is 4.79 Å². The molecule has 4 fully saturated rings. The first-order chi connectivity index (χ1) is 17.9. The maximum absolute atomic E-state index is 13.0. The Morgan fingerprint density at radius 1 is 0.974 bits per heavy atom. The van der Waals surface area contributed by atoms with E-state index < -0.39 is 17.9 Å². The molecule has 210 valence electrons. The molecule has 2 N–H and O–H groups in total. The van der Waals surface area contributed by atoms with Crippen LogP contribution < -0.4 is 10.5 Å². The molecule has 5 aliphatic rings. The SMILES string of the molecule is CC1(C)O[C@H]2[C@@H](O1)[C@@H](CCC(=O)Oc1ccc3c(c1)[C@@]1(C)CCCCC[C@@H](C3)[C@@H]1N)O[C@@H]1OC(C)(C)O[C@@H]12. The Labute approximate surface area is 225 Å². The number of carbonyl (C=O) groups excluding carboxylic acids is 1. The number of rotatable bonds is 4. The van der Waals surface area contributed by atoms with Gasteiger partial charge in [-0.3, -0.25) is 4.79 Å². The lowest BCUT2D eigenvalue weighted by Gasteiger charge is -2.47. The van der Waals surface area contributed by atoms with Crippen LogP contribution in [0.3, 0.4) is 0 Å². The van der Waals surface area contributed by atoms with Crippen LogP contribution in [-0.2, 0) is 40.3 Å². The number of esters is 1. The van der Waals surface area contributed by atoms with Crippen LogP contribution in [0.2, 0.25) is 0 Å². The predicted octanol–water partition coefficient (Wildman–Crippen LogP) is 4.49. The van der Waals surface area contributed by atoms with Gasteiger partial charge in [0.2, 0.25) is 0 Å². The van der Waals surface area contributed by atoms with Crippen LogP contribution >= 0.6 is 0 Å². The van der Waals surface area contributed by atoms with Gasteiger partial charge < -0.3 is 34.2 Å². The van der Waals surface area contributed by atoms with Crippen molar-refractivity contribution >= 4 is 5.97 Å². The third-order valence-corrected chi connectivity index (χ3v) is 9.31. The zero-order chi connectivity index (χ0) is 26.9. The summed E-state index contributed by atoms with van der Waals surface area (Å²) in [5, 5.41) is 0. The molecule has 8 heteroatoms. The number of nitrogens with two attached hydrogens (primary N) is 1. The molecule has 3 saturated heterocycles. The normalized spacial score (nSPS) is 40.8. The van der Waals surface area contributed by atoms with E-state index in [1.165, 1.54) is 36.8 Å².